The van der Waals surface area contributed by atoms with Crippen molar-refractivity contribution in [1.82, 2.24) is 4.48 Å². The van der Waals surface area contributed by atoms with Gasteiger partial charge in [-0.1, -0.05) is 193 Å². The summed E-state index contributed by atoms with van der Waals surface area (Å²) in [5.74, 6) is 0. The Morgan fingerprint density at radius 2 is 0.872 bits per heavy atom. The maximum atomic E-state index is 2.76. The maximum absolute atomic E-state index is 2.76. The van der Waals surface area contributed by atoms with Crippen LogP contribution < -0.4 is 20.7 Å². The van der Waals surface area contributed by atoms with Gasteiger partial charge in [-0.3, -0.25) is 0 Å². The smallest absolute Gasteiger partial charge is 0.333 e. The van der Waals surface area contributed by atoms with E-state index in [9.17, 15) is 0 Å². The van der Waals surface area contributed by atoms with E-state index in [2.05, 4.69) is 286 Å². The predicted octanol–water partition coefficient (Wildman–Crippen LogP) is 19.2. The molecule has 0 spiro atoms. The molecule has 0 radical (unpaired) electrons. The summed E-state index contributed by atoms with van der Waals surface area (Å²) in [5.41, 5.74) is 17.0. The van der Waals surface area contributed by atoms with Crippen molar-refractivity contribution in [1.29, 1.82) is 0 Å². The Balaban J connectivity index is 1.12. The Bertz CT molecular complexity index is 4810. The van der Waals surface area contributed by atoms with Crippen molar-refractivity contribution in [3.05, 3.63) is 242 Å². The molecular formula is C74H56BN3. The van der Waals surface area contributed by atoms with Gasteiger partial charge in [0.25, 0.3) is 0 Å². The standard InChI is InChI=1S/C74H56BN3/c1-73(2,3)49-40-50(74(4,5)6)42-53(41-49)77-67-39-48-37-62-60-32-20-18-30-58(60)57-29-17-19-31-59(57)61(62)36-47(48)38-65(67)75-71-63(43-54(44-68(71)77)76(51-23-9-7-10-24-51)52-25-11-8-12-26-52)64-35-46-22-14-16-28-56(46)70-69-55-27-15-13-21-45(55)33-34-66(69)78(75)72(64)70/h7-44H,1-6H3. The molecule has 370 valence electrons. The average molecular weight is 998 g/mol. The molecule has 0 N–H and O–H groups in total. The lowest BCUT2D eigenvalue weighted by Gasteiger charge is -2.42. The minimum atomic E-state index is -0.173. The van der Waals surface area contributed by atoms with Gasteiger partial charge in [0.05, 0.1) is 0 Å². The summed E-state index contributed by atoms with van der Waals surface area (Å²) in [6.45, 7) is 14.0. The number of benzene rings is 13. The number of hydrogen-bond donors (Lipinski definition) is 0. The maximum Gasteiger partial charge on any atom is 0.333 e. The van der Waals surface area contributed by atoms with Gasteiger partial charge in [0.2, 0.25) is 0 Å². The van der Waals surface area contributed by atoms with Crippen molar-refractivity contribution >= 4 is 138 Å². The predicted molar refractivity (Wildman–Crippen MR) is 337 cm³/mol. The summed E-state index contributed by atoms with van der Waals surface area (Å²) in [6, 6.07) is 87.8. The van der Waals surface area contributed by atoms with E-state index in [4.69, 9.17) is 0 Å². The lowest BCUT2D eigenvalue weighted by Crippen LogP contribution is -2.56. The number of hydrogen-bond acceptors (Lipinski definition) is 2. The van der Waals surface area contributed by atoms with E-state index in [0.717, 1.165) is 17.1 Å². The van der Waals surface area contributed by atoms with E-state index in [-0.39, 0.29) is 17.7 Å². The first kappa shape index (κ1) is 45.1. The van der Waals surface area contributed by atoms with Crippen LogP contribution in [-0.4, -0.2) is 11.3 Å². The zero-order chi connectivity index (χ0) is 52.3. The third-order valence-corrected chi connectivity index (χ3v) is 17.5. The first-order chi connectivity index (χ1) is 38.0. The van der Waals surface area contributed by atoms with E-state index in [1.54, 1.807) is 0 Å². The number of nitrogens with zero attached hydrogens (tertiary/aromatic N) is 3. The average Bonchev–Trinajstić information content (AvgIpc) is 3.85. The number of para-hydroxylation sites is 2. The second-order valence-corrected chi connectivity index (χ2v) is 24.1. The number of rotatable bonds is 4. The van der Waals surface area contributed by atoms with Gasteiger partial charge in [-0.05, 0) is 182 Å². The minimum Gasteiger partial charge on any atom is -0.375 e. The number of fused-ring (bicyclic) bond motifs is 18. The highest BCUT2D eigenvalue weighted by molar-refractivity contribution is 6.90. The second-order valence-electron chi connectivity index (χ2n) is 24.1. The fourth-order valence-electron chi connectivity index (χ4n) is 13.8. The summed E-state index contributed by atoms with van der Waals surface area (Å²) in [5, 5.41) is 17.8. The van der Waals surface area contributed by atoms with E-state index in [1.807, 2.05) is 0 Å². The van der Waals surface area contributed by atoms with Crippen LogP contribution in [0.3, 0.4) is 0 Å². The topological polar surface area (TPSA) is 11.4 Å². The molecule has 4 heteroatoms. The second kappa shape index (κ2) is 16.2. The molecule has 3 nitrogen and oxygen atoms in total. The zero-order valence-electron chi connectivity index (χ0n) is 44.9. The summed E-state index contributed by atoms with van der Waals surface area (Å²) in [6.07, 6.45) is 0. The Morgan fingerprint density at radius 1 is 0.359 bits per heavy atom. The van der Waals surface area contributed by atoms with Crippen LogP contribution in [0.4, 0.5) is 34.1 Å². The lowest BCUT2D eigenvalue weighted by atomic mass is 9.45. The van der Waals surface area contributed by atoms with Crippen LogP contribution >= 0.6 is 0 Å². The molecule has 2 aliphatic heterocycles. The van der Waals surface area contributed by atoms with Crippen molar-refractivity contribution in [3.8, 4) is 11.1 Å². The Hall–Kier alpha value is -9.12. The van der Waals surface area contributed by atoms with E-state index < -0.39 is 0 Å². The normalized spacial score (nSPS) is 13.2. The number of aromatic nitrogens is 1. The van der Waals surface area contributed by atoms with Crippen LogP contribution in [0.25, 0.3) is 97.6 Å². The van der Waals surface area contributed by atoms with Crippen LogP contribution in [-0.2, 0) is 10.8 Å². The van der Waals surface area contributed by atoms with E-state index in [0.29, 0.717) is 0 Å². The van der Waals surface area contributed by atoms with E-state index >= 15 is 0 Å². The van der Waals surface area contributed by atoms with Crippen molar-refractivity contribution in [2.24, 2.45) is 0 Å². The van der Waals surface area contributed by atoms with Crippen LogP contribution in [0.1, 0.15) is 52.7 Å². The molecule has 0 fully saturated rings. The quantitative estimate of drug-likeness (QED) is 0.0989. The van der Waals surface area contributed by atoms with Gasteiger partial charge in [-0.2, -0.15) is 0 Å². The highest BCUT2D eigenvalue weighted by Crippen LogP contribution is 2.52. The molecule has 0 amide bonds. The largest absolute Gasteiger partial charge is 0.375 e. The zero-order valence-corrected chi connectivity index (χ0v) is 44.9. The van der Waals surface area contributed by atoms with Crippen LogP contribution in [0, 0.1) is 0 Å². The minimum absolute atomic E-state index is 0.111. The van der Waals surface area contributed by atoms with Crippen molar-refractivity contribution in [2.75, 3.05) is 9.80 Å². The summed E-state index contributed by atoms with van der Waals surface area (Å²) >= 11 is 0. The summed E-state index contributed by atoms with van der Waals surface area (Å²) in [4.78, 5) is 5.13. The summed E-state index contributed by atoms with van der Waals surface area (Å²) < 4.78 is 2.76. The van der Waals surface area contributed by atoms with E-state index in [1.165, 1.54) is 137 Å². The molecule has 0 saturated heterocycles. The van der Waals surface area contributed by atoms with Gasteiger partial charge in [0, 0.05) is 61.5 Å². The first-order valence-electron chi connectivity index (χ1n) is 27.7. The SMILES string of the molecule is CC(C)(C)c1cc(N2c3cc4cc5c6ccccc6c6ccccc6c5cc4cc3B3c4c(cc(N(c5ccccc5)c5ccccc5)cc42)-c2cc4ccccc4c4c5c6ccccc6ccc5n3c24)cc(C(C)(C)C)c1. The molecule has 2 aliphatic rings. The highest BCUT2D eigenvalue weighted by Gasteiger charge is 2.44. The molecule has 0 saturated carbocycles. The monoisotopic (exact) mass is 997 g/mol. The fourth-order valence-corrected chi connectivity index (χ4v) is 13.8. The van der Waals surface area contributed by atoms with Crippen LogP contribution in [0.15, 0.2) is 231 Å². The Labute approximate surface area is 455 Å². The van der Waals surface area contributed by atoms with Gasteiger partial charge in [-0.25, -0.2) is 0 Å². The molecule has 13 aromatic carbocycles. The molecule has 16 rings (SSSR count). The Morgan fingerprint density at radius 3 is 1.46 bits per heavy atom. The summed E-state index contributed by atoms with van der Waals surface area (Å²) in [7, 11) is 0. The molecular weight excluding hydrogens is 942 g/mol. The van der Waals surface area contributed by atoms with Gasteiger partial charge in [-0.15, -0.1) is 0 Å². The van der Waals surface area contributed by atoms with Crippen LogP contribution in [0.2, 0.25) is 0 Å². The lowest BCUT2D eigenvalue weighted by molar-refractivity contribution is 0.569. The van der Waals surface area contributed by atoms with Gasteiger partial charge < -0.3 is 14.3 Å². The molecule has 1 aromatic heterocycles. The third-order valence-electron chi connectivity index (χ3n) is 17.5. The van der Waals surface area contributed by atoms with Gasteiger partial charge in [0.1, 0.15) is 0 Å². The molecule has 78 heavy (non-hydrogen) atoms. The molecule has 0 unspecified atom stereocenters. The molecule has 0 bridgehead atoms. The molecule has 0 atom stereocenters. The molecule has 14 aromatic rings. The van der Waals surface area contributed by atoms with Gasteiger partial charge >= 0.3 is 6.85 Å². The van der Waals surface area contributed by atoms with Crippen LogP contribution in [0.5, 0.6) is 0 Å². The molecule has 3 heterocycles. The first-order valence-corrected chi connectivity index (χ1v) is 27.7. The fraction of sp³-hybridized carbons (Fsp3) is 0.108. The highest BCUT2D eigenvalue weighted by atomic mass is 15.2. The van der Waals surface area contributed by atoms with Crippen molar-refractivity contribution in [3.63, 3.8) is 0 Å². The molecule has 0 aliphatic carbocycles. The van der Waals surface area contributed by atoms with Gasteiger partial charge in [0.15, 0.2) is 0 Å². The third kappa shape index (κ3) is 6.47. The van der Waals surface area contributed by atoms with Crippen molar-refractivity contribution in [2.45, 2.75) is 52.4 Å². The number of anilines is 6. The van der Waals surface area contributed by atoms with Crippen molar-refractivity contribution < 1.29 is 0 Å². The Kier molecular flexibility index (Phi) is 9.37.